The van der Waals surface area contributed by atoms with Gasteiger partial charge >= 0.3 is 143 Å². The SMILES string of the molecule is CCC[CH2][Sn]([CH2]CCC)([CH2]CCC)[CH2]COc1ccccc1. The van der Waals surface area contributed by atoms with Crippen LogP contribution in [0.2, 0.25) is 17.7 Å². The zero-order valence-electron chi connectivity index (χ0n) is 15.1. The summed E-state index contributed by atoms with van der Waals surface area (Å²) >= 11 is -1.98. The van der Waals surface area contributed by atoms with Gasteiger partial charge in [0, 0.05) is 0 Å². The predicted octanol–water partition coefficient (Wildman–Crippen LogP) is 6.91. The first-order chi connectivity index (χ1) is 10.8. The second kappa shape index (κ2) is 12.3. The Bertz CT molecular complexity index is 341. The second-order valence-corrected chi connectivity index (χ2v) is 21.0. The second-order valence-electron chi connectivity index (χ2n) is 6.72. The first kappa shape index (κ1) is 19.9. The topological polar surface area (TPSA) is 9.23 Å². The van der Waals surface area contributed by atoms with E-state index in [-0.39, 0.29) is 0 Å². The van der Waals surface area contributed by atoms with Crippen LogP contribution in [0.5, 0.6) is 5.75 Å². The van der Waals surface area contributed by atoms with E-state index >= 15 is 0 Å². The fraction of sp³-hybridized carbons (Fsp3) is 0.700. The monoisotopic (exact) mass is 412 g/mol. The Kier molecular flexibility index (Phi) is 11.1. The maximum atomic E-state index is 6.05. The third-order valence-corrected chi connectivity index (χ3v) is 20.5. The van der Waals surface area contributed by atoms with Crippen LogP contribution in [-0.4, -0.2) is 25.0 Å². The van der Waals surface area contributed by atoms with Crippen molar-refractivity contribution in [3.8, 4) is 5.75 Å². The van der Waals surface area contributed by atoms with Crippen LogP contribution >= 0.6 is 0 Å². The quantitative estimate of drug-likeness (QED) is 0.321. The molecule has 2 heteroatoms. The molecule has 0 aliphatic carbocycles. The molecule has 0 bridgehead atoms. The molecule has 1 nitrogen and oxygen atoms in total. The summed E-state index contributed by atoms with van der Waals surface area (Å²) in [5, 5.41) is 0. The van der Waals surface area contributed by atoms with Gasteiger partial charge in [0.05, 0.1) is 0 Å². The fourth-order valence-corrected chi connectivity index (χ4v) is 18.6. The molecule has 0 aromatic heterocycles. The molecule has 0 radical (unpaired) electrons. The summed E-state index contributed by atoms with van der Waals surface area (Å²) in [6, 6.07) is 10.4. The van der Waals surface area contributed by atoms with Crippen molar-refractivity contribution in [1.82, 2.24) is 0 Å². The van der Waals surface area contributed by atoms with Crippen LogP contribution in [0.4, 0.5) is 0 Å². The van der Waals surface area contributed by atoms with Crippen LogP contribution in [0.25, 0.3) is 0 Å². The van der Waals surface area contributed by atoms with E-state index in [0.717, 1.165) is 12.4 Å². The minimum absolute atomic E-state index is 0.956. The van der Waals surface area contributed by atoms with Crippen LogP contribution in [0.1, 0.15) is 59.3 Å². The first-order valence-electron chi connectivity index (χ1n) is 9.44. The van der Waals surface area contributed by atoms with E-state index < -0.39 is 18.4 Å². The predicted molar refractivity (Wildman–Crippen MR) is 102 cm³/mol. The molecule has 126 valence electrons. The number of unbranched alkanes of at least 4 members (excludes halogenated alkanes) is 3. The molecule has 0 amide bonds. The zero-order valence-corrected chi connectivity index (χ0v) is 17.9. The molecule has 0 aliphatic rings. The van der Waals surface area contributed by atoms with Crippen molar-refractivity contribution < 1.29 is 4.74 Å². The summed E-state index contributed by atoms with van der Waals surface area (Å²) < 4.78 is 12.2. The summed E-state index contributed by atoms with van der Waals surface area (Å²) in [5.41, 5.74) is 0. The standard InChI is InChI=1S/C8H9O.3C4H9.Sn/c1-2-9-8-6-4-3-5-7-8;3*1-3-4-2;/h3-7H,1-2H2;3*1,3-4H2,2H3;. The van der Waals surface area contributed by atoms with Gasteiger partial charge in [-0.1, -0.05) is 0 Å². The van der Waals surface area contributed by atoms with Crippen molar-refractivity contribution in [3.63, 3.8) is 0 Å². The van der Waals surface area contributed by atoms with Crippen molar-refractivity contribution in [2.75, 3.05) is 6.61 Å². The van der Waals surface area contributed by atoms with Crippen LogP contribution in [-0.2, 0) is 0 Å². The van der Waals surface area contributed by atoms with Gasteiger partial charge in [-0.25, -0.2) is 0 Å². The number of ether oxygens (including phenoxy) is 1. The van der Waals surface area contributed by atoms with Crippen molar-refractivity contribution in [1.29, 1.82) is 0 Å². The van der Waals surface area contributed by atoms with Gasteiger partial charge in [0.15, 0.2) is 0 Å². The average molecular weight is 411 g/mol. The third-order valence-electron chi connectivity index (χ3n) is 4.83. The van der Waals surface area contributed by atoms with E-state index in [9.17, 15) is 0 Å². The molecular weight excluding hydrogens is 375 g/mol. The normalized spacial score (nSPS) is 11.6. The summed E-state index contributed by atoms with van der Waals surface area (Å²) in [4.78, 5) is 0. The fourth-order valence-electron chi connectivity index (χ4n) is 3.31. The van der Waals surface area contributed by atoms with Crippen molar-refractivity contribution >= 4 is 18.4 Å². The minimum atomic E-state index is -1.98. The summed E-state index contributed by atoms with van der Waals surface area (Å²) in [7, 11) is 0. The number of hydrogen-bond acceptors (Lipinski definition) is 1. The van der Waals surface area contributed by atoms with Crippen molar-refractivity contribution in [2.24, 2.45) is 0 Å². The molecule has 0 saturated carbocycles. The zero-order chi connectivity index (χ0) is 16.1. The Labute approximate surface area is 142 Å². The van der Waals surface area contributed by atoms with Crippen LogP contribution in [0.3, 0.4) is 0 Å². The maximum absolute atomic E-state index is 6.05. The molecule has 1 aromatic rings. The van der Waals surface area contributed by atoms with Gasteiger partial charge < -0.3 is 0 Å². The van der Waals surface area contributed by atoms with Gasteiger partial charge in [-0.05, 0) is 0 Å². The van der Waals surface area contributed by atoms with E-state index in [1.807, 2.05) is 0 Å². The molecular formula is C20H36OSn. The Morgan fingerprint density at radius 3 is 1.68 bits per heavy atom. The first-order valence-corrected chi connectivity index (χ1v) is 17.5. The number of hydrogen-bond donors (Lipinski definition) is 0. The number of benzene rings is 1. The van der Waals surface area contributed by atoms with Gasteiger partial charge in [-0.3, -0.25) is 0 Å². The summed E-state index contributed by atoms with van der Waals surface area (Å²) in [6.45, 7) is 7.99. The molecule has 1 rings (SSSR count). The average Bonchev–Trinajstić information content (AvgIpc) is 2.57. The summed E-state index contributed by atoms with van der Waals surface area (Å²) in [6.07, 6.45) is 8.43. The molecule has 0 spiro atoms. The van der Waals surface area contributed by atoms with Crippen molar-refractivity contribution in [3.05, 3.63) is 30.3 Å². The molecule has 0 fully saturated rings. The molecule has 22 heavy (non-hydrogen) atoms. The van der Waals surface area contributed by atoms with Gasteiger partial charge in [-0.2, -0.15) is 0 Å². The van der Waals surface area contributed by atoms with E-state index in [1.165, 1.54) is 43.0 Å². The molecule has 0 saturated heterocycles. The van der Waals surface area contributed by atoms with Gasteiger partial charge in [0.2, 0.25) is 0 Å². The van der Waals surface area contributed by atoms with E-state index in [2.05, 4.69) is 51.1 Å². The van der Waals surface area contributed by atoms with E-state index in [0.29, 0.717) is 0 Å². The molecule has 0 aliphatic heterocycles. The van der Waals surface area contributed by atoms with Crippen LogP contribution < -0.4 is 4.74 Å². The molecule has 0 N–H and O–H groups in total. The van der Waals surface area contributed by atoms with E-state index in [1.54, 1.807) is 13.3 Å². The van der Waals surface area contributed by atoms with Crippen LogP contribution in [0, 0.1) is 0 Å². The Morgan fingerprint density at radius 2 is 1.23 bits per heavy atom. The Hall–Kier alpha value is -0.181. The number of rotatable bonds is 13. The van der Waals surface area contributed by atoms with Crippen LogP contribution in [0.15, 0.2) is 30.3 Å². The van der Waals surface area contributed by atoms with Gasteiger partial charge in [0.1, 0.15) is 0 Å². The third kappa shape index (κ3) is 7.89. The van der Waals surface area contributed by atoms with Gasteiger partial charge in [0.25, 0.3) is 0 Å². The molecule has 1 aromatic carbocycles. The summed E-state index contributed by atoms with van der Waals surface area (Å²) in [5.74, 6) is 1.05. The van der Waals surface area contributed by atoms with E-state index in [4.69, 9.17) is 4.74 Å². The Morgan fingerprint density at radius 1 is 0.727 bits per heavy atom. The Balaban J connectivity index is 2.59. The number of para-hydroxylation sites is 1. The molecule has 0 atom stereocenters. The van der Waals surface area contributed by atoms with Crippen molar-refractivity contribution in [2.45, 2.75) is 77.0 Å². The van der Waals surface area contributed by atoms with Gasteiger partial charge in [-0.15, -0.1) is 0 Å². The molecule has 0 heterocycles. The molecule has 0 unspecified atom stereocenters.